The lowest BCUT2D eigenvalue weighted by atomic mass is 10.2. The number of halogens is 1. The van der Waals surface area contributed by atoms with Crippen molar-refractivity contribution in [2.24, 2.45) is 0 Å². The quantitative estimate of drug-likeness (QED) is 0.852. The molecule has 1 aromatic carbocycles. The highest BCUT2D eigenvalue weighted by Crippen LogP contribution is 2.14. The van der Waals surface area contributed by atoms with Crippen molar-refractivity contribution in [3.05, 3.63) is 34.9 Å². The predicted octanol–water partition coefficient (Wildman–Crippen LogP) is 1.81. The van der Waals surface area contributed by atoms with Crippen LogP contribution in [0.5, 0.6) is 0 Å². The molecule has 0 saturated carbocycles. The Labute approximate surface area is 120 Å². The topological polar surface area (TPSA) is 40.6 Å². The molecule has 0 aliphatic carbocycles. The molecule has 1 saturated heterocycles. The van der Waals surface area contributed by atoms with Gasteiger partial charge in [0.2, 0.25) is 10.0 Å². The zero-order chi connectivity index (χ0) is 13.9. The third-order valence-corrected chi connectivity index (χ3v) is 5.54. The molecule has 4 nitrogen and oxygen atoms in total. The first-order valence-electron chi connectivity index (χ1n) is 6.46. The van der Waals surface area contributed by atoms with Crippen molar-refractivity contribution in [3.8, 4) is 0 Å². The minimum Gasteiger partial charge on any atom is -0.296 e. The molecule has 0 amide bonds. The van der Waals surface area contributed by atoms with Crippen LogP contribution in [0.15, 0.2) is 24.3 Å². The van der Waals surface area contributed by atoms with E-state index in [2.05, 4.69) is 4.90 Å². The van der Waals surface area contributed by atoms with Crippen LogP contribution in [0.2, 0.25) is 5.02 Å². The lowest BCUT2D eigenvalue weighted by molar-refractivity contribution is 0.182. The Hall–Kier alpha value is -0.620. The molecule has 0 bridgehead atoms. The van der Waals surface area contributed by atoms with Crippen molar-refractivity contribution in [2.75, 3.05) is 31.9 Å². The van der Waals surface area contributed by atoms with Crippen LogP contribution in [0.1, 0.15) is 12.5 Å². The molecule has 0 N–H and O–H groups in total. The van der Waals surface area contributed by atoms with Gasteiger partial charge in [0.1, 0.15) is 0 Å². The summed E-state index contributed by atoms with van der Waals surface area (Å²) in [6.45, 7) is 5.27. The lowest BCUT2D eigenvalue weighted by Gasteiger charge is -2.33. The second-order valence-corrected chi connectivity index (χ2v) is 7.40. The van der Waals surface area contributed by atoms with E-state index in [9.17, 15) is 8.42 Å². The number of piperazine rings is 1. The van der Waals surface area contributed by atoms with E-state index in [-0.39, 0.29) is 5.75 Å². The van der Waals surface area contributed by atoms with Gasteiger partial charge < -0.3 is 0 Å². The van der Waals surface area contributed by atoms with Crippen LogP contribution in [-0.2, 0) is 16.6 Å². The number of hydrogen-bond donors (Lipinski definition) is 0. The average molecular weight is 303 g/mol. The highest BCUT2D eigenvalue weighted by Gasteiger charge is 2.25. The Morgan fingerprint density at radius 2 is 1.68 bits per heavy atom. The SMILES string of the molecule is CCS(=O)(=O)N1CCN(Cc2ccc(Cl)cc2)CC1. The van der Waals surface area contributed by atoms with Crippen molar-refractivity contribution in [2.45, 2.75) is 13.5 Å². The van der Waals surface area contributed by atoms with E-state index in [1.165, 1.54) is 5.56 Å². The van der Waals surface area contributed by atoms with Crippen LogP contribution in [-0.4, -0.2) is 49.6 Å². The maximum Gasteiger partial charge on any atom is 0.213 e. The van der Waals surface area contributed by atoms with Gasteiger partial charge in [-0.3, -0.25) is 4.90 Å². The molecule has 19 heavy (non-hydrogen) atoms. The van der Waals surface area contributed by atoms with E-state index in [0.717, 1.165) is 24.7 Å². The Balaban J connectivity index is 1.89. The molecule has 1 heterocycles. The van der Waals surface area contributed by atoms with Crippen LogP contribution in [0.4, 0.5) is 0 Å². The summed E-state index contributed by atoms with van der Waals surface area (Å²) in [5.41, 5.74) is 1.20. The molecule has 1 aromatic rings. The summed E-state index contributed by atoms with van der Waals surface area (Å²) in [5, 5.41) is 0.739. The molecule has 1 aliphatic rings. The molecule has 6 heteroatoms. The molecular weight excluding hydrogens is 284 g/mol. The summed E-state index contributed by atoms with van der Waals surface area (Å²) in [5.74, 6) is 0.185. The Kier molecular flexibility index (Phi) is 4.84. The van der Waals surface area contributed by atoms with Gasteiger partial charge in [0.05, 0.1) is 5.75 Å². The Morgan fingerprint density at radius 1 is 1.11 bits per heavy atom. The molecule has 1 aliphatic heterocycles. The number of benzene rings is 1. The first-order valence-corrected chi connectivity index (χ1v) is 8.44. The molecule has 0 aromatic heterocycles. The summed E-state index contributed by atoms with van der Waals surface area (Å²) in [7, 11) is -3.03. The van der Waals surface area contributed by atoms with Gasteiger partial charge in [-0.1, -0.05) is 23.7 Å². The largest absolute Gasteiger partial charge is 0.296 e. The highest BCUT2D eigenvalue weighted by molar-refractivity contribution is 7.89. The normalized spacial score (nSPS) is 18.6. The van der Waals surface area contributed by atoms with Crippen LogP contribution in [0, 0.1) is 0 Å². The molecule has 0 atom stereocenters. The van der Waals surface area contributed by atoms with E-state index in [4.69, 9.17) is 11.6 Å². The molecule has 106 valence electrons. The second kappa shape index (κ2) is 6.22. The first kappa shape index (κ1) is 14.8. The highest BCUT2D eigenvalue weighted by atomic mass is 35.5. The molecule has 0 unspecified atom stereocenters. The fourth-order valence-electron chi connectivity index (χ4n) is 2.20. The molecule has 0 radical (unpaired) electrons. The second-order valence-electron chi connectivity index (χ2n) is 4.70. The van der Waals surface area contributed by atoms with Crippen molar-refractivity contribution < 1.29 is 8.42 Å². The third-order valence-electron chi connectivity index (χ3n) is 3.41. The zero-order valence-corrected chi connectivity index (χ0v) is 12.6. The van der Waals surface area contributed by atoms with Crippen molar-refractivity contribution >= 4 is 21.6 Å². The van der Waals surface area contributed by atoms with Gasteiger partial charge in [0.15, 0.2) is 0 Å². The van der Waals surface area contributed by atoms with Crippen molar-refractivity contribution in [1.29, 1.82) is 0 Å². The van der Waals surface area contributed by atoms with Crippen LogP contribution < -0.4 is 0 Å². The smallest absolute Gasteiger partial charge is 0.213 e. The van der Waals surface area contributed by atoms with Crippen molar-refractivity contribution in [1.82, 2.24) is 9.21 Å². The monoisotopic (exact) mass is 302 g/mol. The summed E-state index contributed by atoms with van der Waals surface area (Å²) < 4.78 is 25.1. The zero-order valence-electron chi connectivity index (χ0n) is 11.0. The number of rotatable bonds is 4. The van der Waals surface area contributed by atoms with E-state index < -0.39 is 10.0 Å². The Bertz CT molecular complexity index is 508. The third kappa shape index (κ3) is 3.92. The number of nitrogens with zero attached hydrogens (tertiary/aromatic N) is 2. The lowest BCUT2D eigenvalue weighted by Crippen LogP contribution is -2.48. The average Bonchev–Trinajstić information content (AvgIpc) is 2.42. The minimum atomic E-state index is -3.03. The first-order chi connectivity index (χ1) is 9.01. The van der Waals surface area contributed by atoms with Crippen LogP contribution in [0.3, 0.4) is 0 Å². The summed E-state index contributed by atoms with van der Waals surface area (Å²) in [6.07, 6.45) is 0. The Morgan fingerprint density at radius 3 is 2.21 bits per heavy atom. The van der Waals surface area contributed by atoms with Gasteiger partial charge >= 0.3 is 0 Å². The maximum atomic E-state index is 11.7. The summed E-state index contributed by atoms with van der Waals surface area (Å²) in [6, 6.07) is 7.79. The summed E-state index contributed by atoms with van der Waals surface area (Å²) >= 11 is 5.85. The molecule has 1 fully saturated rings. The molecular formula is C13H19ClN2O2S. The van der Waals surface area contributed by atoms with E-state index in [1.807, 2.05) is 24.3 Å². The maximum absolute atomic E-state index is 11.7. The van der Waals surface area contributed by atoms with Crippen LogP contribution in [0.25, 0.3) is 0 Å². The molecule has 0 spiro atoms. The standard InChI is InChI=1S/C13H19ClN2O2S/c1-2-19(17,18)16-9-7-15(8-10-16)11-12-3-5-13(14)6-4-12/h3-6H,2,7-11H2,1H3. The fraction of sp³-hybridized carbons (Fsp3) is 0.538. The summed E-state index contributed by atoms with van der Waals surface area (Å²) in [4.78, 5) is 2.27. The van der Waals surface area contributed by atoms with Crippen molar-refractivity contribution in [3.63, 3.8) is 0 Å². The van der Waals surface area contributed by atoms with Gasteiger partial charge in [0, 0.05) is 37.7 Å². The van der Waals surface area contributed by atoms with Gasteiger partial charge in [-0.25, -0.2) is 8.42 Å². The van der Waals surface area contributed by atoms with Gasteiger partial charge in [-0.05, 0) is 24.6 Å². The van der Waals surface area contributed by atoms with Gasteiger partial charge in [-0.15, -0.1) is 0 Å². The van der Waals surface area contributed by atoms with E-state index >= 15 is 0 Å². The number of hydrogen-bond acceptors (Lipinski definition) is 3. The van der Waals surface area contributed by atoms with Gasteiger partial charge in [-0.2, -0.15) is 4.31 Å². The van der Waals surface area contributed by atoms with Crippen LogP contribution >= 0.6 is 11.6 Å². The molecule has 2 rings (SSSR count). The predicted molar refractivity (Wildman–Crippen MR) is 77.8 cm³/mol. The van der Waals surface area contributed by atoms with Gasteiger partial charge in [0.25, 0.3) is 0 Å². The fourth-order valence-corrected chi connectivity index (χ4v) is 3.41. The number of sulfonamides is 1. The van der Waals surface area contributed by atoms with E-state index in [0.29, 0.717) is 13.1 Å². The minimum absolute atomic E-state index is 0.185. The van der Waals surface area contributed by atoms with E-state index in [1.54, 1.807) is 11.2 Å².